The molecule has 0 aromatic heterocycles. The first-order chi connectivity index (χ1) is 30.0. The molecule has 0 aliphatic rings. The van der Waals surface area contributed by atoms with Gasteiger partial charge in [0.2, 0.25) is 0 Å². The lowest BCUT2D eigenvalue weighted by molar-refractivity contribution is -0.167. The van der Waals surface area contributed by atoms with Gasteiger partial charge in [-0.1, -0.05) is 196 Å². The molecule has 0 radical (unpaired) electrons. The van der Waals surface area contributed by atoms with Crippen molar-refractivity contribution in [1.29, 1.82) is 0 Å². The quantitative estimate of drug-likeness (QED) is 0.0263. The number of hydrogen-bond donors (Lipinski definition) is 0. The predicted octanol–water partition coefficient (Wildman–Crippen LogP) is 16.4. The number of rotatable bonds is 44. The lowest BCUT2D eigenvalue weighted by Crippen LogP contribution is -2.30. The fraction of sp³-hybridized carbons (Fsp3) is 0.691. The van der Waals surface area contributed by atoms with E-state index in [0.717, 1.165) is 122 Å². The van der Waals surface area contributed by atoms with Crippen LogP contribution in [0.4, 0.5) is 0 Å². The molecule has 0 saturated heterocycles. The van der Waals surface area contributed by atoms with Crippen molar-refractivity contribution in [2.75, 3.05) is 13.2 Å². The Morgan fingerprint density at radius 3 is 1.05 bits per heavy atom. The fourth-order valence-corrected chi connectivity index (χ4v) is 6.61. The van der Waals surface area contributed by atoms with Gasteiger partial charge in [0.05, 0.1) is 0 Å². The highest BCUT2D eigenvalue weighted by Gasteiger charge is 2.19. The van der Waals surface area contributed by atoms with E-state index in [9.17, 15) is 14.4 Å². The topological polar surface area (TPSA) is 78.9 Å². The maximum absolute atomic E-state index is 12.7. The van der Waals surface area contributed by atoms with Crippen molar-refractivity contribution in [3.8, 4) is 0 Å². The Hall–Kier alpha value is -3.41. The second kappa shape index (κ2) is 49.2. The summed E-state index contributed by atoms with van der Waals surface area (Å²) in [5.41, 5.74) is 0. The molecule has 0 N–H and O–H groups in total. The smallest absolute Gasteiger partial charge is 0.306 e. The lowest BCUT2D eigenvalue weighted by Gasteiger charge is -2.18. The van der Waals surface area contributed by atoms with Crippen LogP contribution in [0.5, 0.6) is 0 Å². The number of carbonyl (C=O) groups is 3. The van der Waals surface area contributed by atoms with Gasteiger partial charge in [-0.3, -0.25) is 14.4 Å². The Labute approximate surface area is 375 Å². The summed E-state index contributed by atoms with van der Waals surface area (Å²) in [7, 11) is 0. The van der Waals surface area contributed by atoms with Crippen LogP contribution >= 0.6 is 0 Å². The van der Waals surface area contributed by atoms with Gasteiger partial charge in [0, 0.05) is 19.3 Å². The summed E-state index contributed by atoms with van der Waals surface area (Å²) < 4.78 is 16.7. The largest absolute Gasteiger partial charge is 0.462 e. The van der Waals surface area contributed by atoms with Crippen molar-refractivity contribution < 1.29 is 28.6 Å². The SMILES string of the molecule is CC/C=C\C/C=C\C/C=C\C/C=C\C/C=C\C/C=C\CCCCCCC(=O)OCC(COC(=O)CCCCCCCCCC)OC(=O)CCCCCCC/C=C\CCCCC. The Bertz CT molecular complexity index is 1200. The van der Waals surface area contributed by atoms with E-state index in [4.69, 9.17) is 14.2 Å². The van der Waals surface area contributed by atoms with Crippen molar-refractivity contribution in [2.24, 2.45) is 0 Å². The van der Waals surface area contributed by atoms with Gasteiger partial charge in [-0.2, -0.15) is 0 Å². The Morgan fingerprint density at radius 1 is 0.344 bits per heavy atom. The highest BCUT2D eigenvalue weighted by atomic mass is 16.6. The molecule has 0 heterocycles. The summed E-state index contributed by atoms with van der Waals surface area (Å²) in [4.78, 5) is 37.8. The summed E-state index contributed by atoms with van der Waals surface area (Å²) in [6.45, 7) is 6.43. The van der Waals surface area contributed by atoms with Crippen molar-refractivity contribution in [1.82, 2.24) is 0 Å². The van der Waals surface area contributed by atoms with E-state index < -0.39 is 6.10 Å². The molecule has 348 valence electrons. The van der Waals surface area contributed by atoms with E-state index in [2.05, 4.69) is 106 Å². The molecule has 0 amide bonds. The van der Waals surface area contributed by atoms with Crippen LogP contribution in [-0.4, -0.2) is 37.2 Å². The van der Waals surface area contributed by atoms with Gasteiger partial charge in [-0.15, -0.1) is 0 Å². The van der Waals surface area contributed by atoms with E-state index in [0.29, 0.717) is 19.3 Å². The molecule has 0 aliphatic carbocycles. The predicted molar refractivity (Wildman–Crippen MR) is 261 cm³/mol. The molecule has 1 atom stereocenters. The number of carbonyl (C=O) groups excluding carboxylic acids is 3. The van der Waals surface area contributed by atoms with Gasteiger partial charge < -0.3 is 14.2 Å². The summed E-state index contributed by atoms with van der Waals surface area (Å²) in [5.74, 6) is -0.931. The molecule has 0 fully saturated rings. The molecule has 0 aromatic rings. The molecular formula is C55H92O6. The van der Waals surface area contributed by atoms with Crippen LogP contribution in [0.15, 0.2) is 85.1 Å². The Morgan fingerprint density at radius 2 is 0.639 bits per heavy atom. The third-order valence-corrected chi connectivity index (χ3v) is 10.4. The van der Waals surface area contributed by atoms with Crippen LogP contribution in [0.1, 0.15) is 226 Å². The molecule has 61 heavy (non-hydrogen) atoms. The second-order valence-corrected chi connectivity index (χ2v) is 16.3. The molecule has 0 saturated carbocycles. The molecular weight excluding hydrogens is 757 g/mol. The van der Waals surface area contributed by atoms with Gasteiger partial charge >= 0.3 is 17.9 Å². The van der Waals surface area contributed by atoms with Gasteiger partial charge in [0.1, 0.15) is 13.2 Å². The highest BCUT2D eigenvalue weighted by Crippen LogP contribution is 2.13. The average molecular weight is 849 g/mol. The van der Waals surface area contributed by atoms with Crippen LogP contribution in [-0.2, 0) is 28.6 Å². The van der Waals surface area contributed by atoms with Crippen LogP contribution < -0.4 is 0 Å². The zero-order valence-electron chi connectivity index (χ0n) is 39.7. The van der Waals surface area contributed by atoms with Gasteiger partial charge in [0.25, 0.3) is 0 Å². The molecule has 0 bridgehead atoms. The average Bonchev–Trinajstić information content (AvgIpc) is 3.26. The first-order valence-electron chi connectivity index (χ1n) is 25.1. The zero-order chi connectivity index (χ0) is 44.4. The Balaban J connectivity index is 4.32. The zero-order valence-corrected chi connectivity index (χ0v) is 39.7. The van der Waals surface area contributed by atoms with Gasteiger partial charge in [-0.05, 0) is 96.3 Å². The maximum Gasteiger partial charge on any atom is 0.306 e. The van der Waals surface area contributed by atoms with Crippen molar-refractivity contribution in [2.45, 2.75) is 232 Å². The fourth-order valence-electron chi connectivity index (χ4n) is 6.61. The summed E-state index contributed by atoms with van der Waals surface area (Å²) in [6, 6.07) is 0. The van der Waals surface area contributed by atoms with Gasteiger partial charge in [-0.25, -0.2) is 0 Å². The monoisotopic (exact) mass is 849 g/mol. The standard InChI is InChI=1S/C55H92O6/c1-4-7-10-13-16-19-21-23-24-25-26-27-28-29-30-31-32-33-35-36-39-42-45-48-54(57)60-51-52(50-59-53(56)47-44-41-38-18-15-12-9-6-3)61-55(58)49-46-43-40-37-34-22-20-17-14-11-8-5-2/h7,10,16-17,19-20,23-24,26-27,29-30,32-33,52H,4-6,8-9,11-15,18,21-22,25,28,31,34-51H2,1-3H3/b10-7-,19-16-,20-17-,24-23-,27-26-,30-29-,33-32-. The third-order valence-electron chi connectivity index (χ3n) is 10.4. The van der Waals surface area contributed by atoms with Gasteiger partial charge in [0.15, 0.2) is 6.10 Å². The minimum absolute atomic E-state index is 0.0879. The molecule has 0 rings (SSSR count). The highest BCUT2D eigenvalue weighted by molar-refractivity contribution is 5.71. The van der Waals surface area contributed by atoms with E-state index >= 15 is 0 Å². The van der Waals surface area contributed by atoms with Crippen LogP contribution in [0.25, 0.3) is 0 Å². The minimum atomic E-state index is -0.788. The van der Waals surface area contributed by atoms with Crippen molar-refractivity contribution in [3.05, 3.63) is 85.1 Å². The van der Waals surface area contributed by atoms with E-state index in [1.807, 2.05) is 0 Å². The molecule has 0 spiro atoms. The number of unbranched alkanes of at least 4 members (excludes halogenated alkanes) is 19. The van der Waals surface area contributed by atoms with E-state index in [1.54, 1.807) is 0 Å². The van der Waals surface area contributed by atoms with E-state index in [-0.39, 0.29) is 31.1 Å². The summed E-state index contributed by atoms with van der Waals surface area (Å²) in [5, 5.41) is 0. The number of esters is 3. The van der Waals surface area contributed by atoms with Crippen LogP contribution in [0, 0.1) is 0 Å². The van der Waals surface area contributed by atoms with Crippen molar-refractivity contribution in [3.63, 3.8) is 0 Å². The normalized spacial score (nSPS) is 12.8. The first kappa shape index (κ1) is 57.6. The second-order valence-electron chi connectivity index (χ2n) is 16.3. The molecule has 1 unspecified atom stereocenters. The van der Waals surface area contributed by atoms with Crippen LogP contribution in [0.3, 0.4) is 0 Å². The summed E-state index contributed by atoms with van der Waals surface area (Å²) >= 11 is 0. The van der Waals surface area contributed by atoms with E-state index in [1.165, 1.54) is 64.2 Å². The summed E-state index contributed by atoms with van der Waals surface area (Å²) in [6.07, 6.45) is 62.9. The molecule has 6 nitrogen and oxygen atoms in total. The van der Waals surface area contributed by atoms with Crippen LogP contribution in [0.2, 0.25) is 0 Å². The minimum Gasteiger partial charge on any atom is -0.462 e. The van der Waals surface area contributed by atoms with Crippen molar-refractivity contribution >= 4 is 17.9 Å². The lowest BCUT2D eigenvalue weighted by atomic mass is 10.1. The number of hydrogen-bond acceptors (Lipinski definition) is 6. The number of ether oxygens (including phenoxy) is 3. The third kappa shape index (κ3) is 47.5. The number of allylic oxidation sites excluding steroid dienone is 14. The molecule has 0 aliphatic heterocycles. The first-order valence-corrected chi connectivity index (χ1v) is 25.1. The Kier molecular flexibility index (Phi) is 46.5. The molecule has 0 aromatic carbocycles. The maximum atomic E-state index is 12.7. The molecule has 6 heteroatoms.